The van der Waals surface area contributed by atoms with Gasteiger partial charge in [0.05, 0.1) is 0 Å². The summed E-state index contributed by atoms with van der Waals surface area (Å²) in [6.07, 6.45) is 6.74. The van der Waals surface area contributed by atoms with Crippen molar-refractivity contribution in [3.8, 4) is 0 Å². The zero-order valence-electron chi connectivity index (χ0n) is 21.8. The summed E-state index contributed by atoms with van der Waals surface area (Å²) < 4.78 is 7.24. The largest absolute Gasteiger partial charge is 0.368 e. The number of fused-ring (bicyclic) bond motifs is 3. The van der Waals surface area contributed by atoms with E-state index in [0.717, 1.165) is 18.8 Å². The Morgan fingerprint density at radius 2 is 1.86 bits per heavy atom. The van der Waals surface area contributed by atoms with E-state index in [1.165, 1.54) is 19.3 Å². The number of carbonyl (C=O) groups is 3. The van der Waals surface area contributed by atoms with Crippen LogP contribution < -0.4 is 5.32 Å². The van der Waals surface area contributed by atoms with Gasteiger partial charge in [0, 0.05) is 45.5 Å². The van der Waals surface area contributed by atoms with Crippen molar-refractivity contribution in [2.45, 2.75) is 52.1 Å². The molecule has 3 saturated carbocycles. The summed E-state index contributed by atoms with van der Waals surface area (Å²) in [7, 11) is 0. The summed E-state index contributed by atoms with van der Waals surface area (Å²) in [5.41, 5.74) is 1.76. The fourth-order valence-electron chi connectivity index (χ4n) is 7.09. The Morgan fingerprint density at radius 3 is 2.57 bits per heavy atom. The number of hydrogen-bond donors (Lipinski definition) is 1. The molecule has 2 saturated heterocycles. The smallest absolute Gasteiger partial charge is 0.274 e. The number of pyridine rings is 1. The van der Waals surface area contributed by atoms with Gasteiger partial charge in [0.15, 0.2) is 0 Å². The Balaban J connectivity index is 1.09. The lowest BCUT2D eigenvalue weighted by Gasteiger charge is -2.60. The molecule has 4 atom stereocenters. The van der Waals surface area contributed by atoms with Gasteiger partial charge >= 0.3 is 0 Å². The van der Waals surface area contributed by atoms with Gasteiger partial charge in [-0.2, -0.15) is 0 Å². The van der Waals surface area contributed by atoms with E-state index in [-0.39, 0.29) is 23.8 Å². The van der Waals surface area contributed by atoms with Gasteiger partial charge in [-0.15, -0.1) is 0 Å². The normalized spacial score (nSPS) is 28.7. The third-order valence-electron chi connectivity index (χ3n) is 9.55. The molecule has 0 aromatic carbocycles. The molecule has 9 nitrogen and oxygen atoms in total. The second-order valence-electron chi connectivity index (χ2n) is 11.8. The number of carbonyl (C=O) groups excluding carboxylic acids is 3. The lowest BCUT2D eigenvalue weighted by molar-refractivity contribution is -0.142. The number of piperazine rings is 1. The van der Waals surface area contributed by atoms with Crippen molar-refractivity contribution >= 4 is 23.4 Å². The highest BCUT2D eigenvalue weighted by molar-refractivity contribution is 5.95. The van der Waals surface area contributed by atoms with Gasteiger partial charge in [0.25, 0.3) is 17.7 Å². The first-order valence-corrected chi connectivity index (χ1v) is 13.8. The fourth-order valence-corrected chi connectivity index (χ4v) is 7.09. The summed E-state index contributed by atoms with van der Waals surface area (Å²) in [6.45, 7) is 7.96. The van der Waals surface area contributed by atoms with E-state index in [9.17, 15) is 14.4 Å². The molecule has 2 aromatic rings. The first kappa shape index (κ1) is 24.4. The molecule has 9 heteroatoms. The van der Waals surface area contributed by atoms with E-state index >= 15 is 0 Å². The molecular formula is C28H37N5O4. The first-order chi connectivity index (χ1) is 17.8. The van der Waals surface area contributed by atoms with Gasteiger partial charge in [-0.1, -0.05) is 19.9 Å². The van der Waals surface area contributed by atoms with Gasteiger partial charge in [-0.3, -0.25) is 18.8 Å². The zero-order chi connectivity index (χ0) is 25.7. The highest BCUT2D eigenvalue weighted by Crippen LogP contribution is 2.61. The summed E-state index contributed by atoms with van der Waals surface area (Å²) in [5.74, 6) is 1.76. The summed E-state index contributed by atoms with van der Waals surface area (Å²) in [4.78, 5) is 47.1. The maximum Gasteiger partial charge on any atom is 0.274 e. The van der Waals surface area contributed by atoms with Crippen molar-refractivity contribution in [1.29, 1.82) is 0 Å². The molecule has 5 aliphatic rings. The molecule has 2 aliphatic heterocycles. The lowest BCUT2D eigenvalue weighted by Crippen LogP contribution is -2.54. The molecule has 2 bridgehead atoms. The average Bonchev–Trinajstić information content (AvgIpc) is 3.61. The van der Waals surface area contributed by atoms with Crippen LogP contribution in [-0.2, 0) is 9.53 Å². The Hall–Kier alpha value is -2.94. The fraction of sp³-hybridized carbons (Fsp3) is 0.643. The van der Waals surface area contributed by atoms with Crippen molar-refractivity contribution in [2.75, 3.05) is 39.3 Å². The molecule has 3 aliphatic carbocycles. The van der Waals surface area contributed by atoms with Crippen LogP contribution in [0.15, 0.2) is 24.4 Å². The second-order valence-corrected chi connectivity index (χ2v) is 11.8. The van der Waals surface area contributed by atoms with Gasteiger partial charge in [0.2, 0.25) is 0 Å². The van der Waals surface area contributed by atoms with Gasteiger partial charge in [-0.05, 0) is 67.4 Å². The number of ether oxygens (including phenoxy) is 1. The Kier molecular flexibility index (Phi) is 6.21. The van der Waals surface area contributed by atoms with Crippen LogP contribution in [0.2, 0.25) is 0 Å². The van der Waals surface area contributed by atoms with Gasteiger partial charge < -0.3 is 19.9 Å². The minimum atomic E-state index is -0.333. The number of imidazole rings is 1. The van der Waals surface area contributed by atoms with Crippen molar-refractivity contribution in [3.63, 3.8) is 0 Å². The Labute approximate surface area is 217 Å². The minimum absolute atomic E-state index is 0.0295. The molecule has 3 amide bonds. The van der Waals surface area contributed by atoms with Crippen LogP contribution in [0.4, 0.5) is 0 Å². The SMILES string of the molecule is CC1(C)[C@H]2CC[C@@H](CNC(=O)c3cccc4nc(C(=O)N5CCN(C(=O)C6CCCO6)CC5)cn34)[C@H]1C2. The minimum Gasteiger partial charge on any atom is -0.368 e. The van der Waals surface area contributed by atoms with Crippen molar-refractivity contribution in [2.24, 2.45) is 23.2 Å². The highest BCUT2D eigenvalue weighted by atomic mass is 16.5. The molecule has 7 rings (SSSR count). The highest BCUT2D eigenvalue weighted by Gasteiger charge is 2.53. The maximum absolute atomic E-state index is 13.2. The van der Waals surface area contributed by atoms with Gasteiger partial charge in [-0.25, -0.2) is 4.98 Å². The quantitative estimate of drug-likeness (QED) is 0.671. The number of rotatable bonds is 5. The molecule has 4 heterocycles. The molecule has 37 heavy (non-hydrogen) atoms. The van der Waals surface area contributed by atoms with Crippen LogP contribution in [0, 0.1) is 23.2 Å². The van der Waals surface area contributed by atoms with Crippen LogP contribution in [0.25, 0.3) is 5.65 Å². The molecule has 0 spiro atoms. The van der Waals surface area contributed by atoms with Crippen molar-refractivity contribution in [3.05, 3.63) is 35.8 Å². The number of nitrogens with zero attached hydrogens (tertiary/aromatic N) is 4. The van der Waals surface area contributed by atoms with E-state index < -0.39 is 0 Å². The lowest BCUT2D eigenvalue weighted by atomic mass is 9.45. The topological polar surface area (TPSA) is 96.3 Å². The molecule has 2 aromatic heterocycles. The van der Waals surface area contributed by atoms with Crippen LogP contribution in [-0.4, -0.2) is 82.3 Å². The van der Waals surface area contributed by atoms with Crippen molar-refractivity contribution < 1.29 is 19.1 Å². The van der Waals surface area contributed by atoms with E-state index in [0.29, 0.717) is 73.6 Å². The van der Waals surface area contributed by atoms with Crippen LogP contribution >= 0.6 is 0 Å². The predicted molar refractivity (Wildman–Crippen MR) is 137 cm³/mol. The second kappa shape index (κ2) is 9.42. The number of aromatic nitrogens is 2. The summed E-state index contributed by atoms with van der Waals surface area (Å²) in [6, 6.07) is 5.39. The average molecular weight is 508 g/mol. The first-order valence-electron chi connectivity index (χ1n) is 13.8. The molecular weight excluding hydrogens is 470 g/mol. The molecule has 0 radical (unpaired) electrons. The molecule has 5 fully saturated rings. The third-order valence-corrected chi connectivity index (χ3v) is 9.55. The number of nitrogens with one attached hydrogen (secondary N) is 1. The zero-order valence-corrected chi connectivity index (χ0v) is 21.8. The van der Waals surface area contributed by atoms with Crippen molar-refractivity contribution in [1.82, 2.24) is 24.5 Å². The maximum atomic E-state index is 13.2. The number of amides is 3. The van der Waals surface area contributed by atoms with E-state index in [1.807, 2.05) is 6.07 Å². The van der Waals surface area contributed by atoms with E-state index in [2.05, 4.69) is 24.1 Å². The Morgan fingerprint density at radius 1 is 1.08 bits per heavy atom. The monoisotopic (exact) mass is 507 g/mol. The van der Waals surface area contributed by atoms with Crippen LogP contribution in [0.3, 0.4) is 0 Å². The Bertz CT molecular complexity index is 1210. The summed E-state index contributed by atoms with van der Waals surface area (Å²) >= 11 is 0. The molecule has 1 N–H and O–H groups in total. The third kappa shape index (κ3) is 4.31. The van der Waals surface area contributed by atoms with Crippen LogP contribution in [0.1, 0.15) is 66.9 Å². The standard InChI is InChI=1S/C28H37N5O4/c1-28(2)19-9-8-18(20(28)15-19)16-29-25(34)22-5-3-7-24-30-21(17-33(22)24)26(35)31-10-12-32(13-11-31)27(36)23-6-4-14-37-23/h3,5,7,17-20,23H,4,6,8-16H2,1-2H3,(H,29,34)/t18-,19-,20+,23?/m0/s1. The molecule has 198 valence electrons. The number of hydrogen-bond acceptors (Lipinski definition) is 5. The summed E-state index contributed by atoms with van der Waals surface area (Å²) in [5, 5.41) is 3.16. The van der Waals surface area contributed by atoms with E-state index in [1.54, 1.807) is 32.5 Å². The molecule has 1 unspecified atom stereocenters. The van der Waals surface area contributed by atoms with E-state index in [4.69, 9.17) is 4.74 Å². The van der Waals surface area contributed by atoms with Crippen LogP contribution in [0.5, 0.6) is 0 Å². The van der Waals surface area contributed by atoms with Gasteiger partial charge in [0.1, 0.15) is 23.1 Å². The predicted octanol–water partition coefficient (Wildman–Crippen LogP) is 2.60.